The van der Waals surface area contributed by atoms with E-state index >= 15 is 0 Å². The van der Waals surface area contributed by atoms with Crippen LogP contribution < -0.4 is 9.47 Å². The molecule has 0 N–H and O–H groups in total. The van der Waals surface area contributed by atoms with Crippen molar-refractivity contribution in [2.24, 2.45) is 0 Å². The van der Waals surface area contributed by atoms with Gasteiger partial charge in [0.2, 0.25) is 0 Å². The largest absolute Gasteiger partial charge is 0.496 e. The minimum atomic E-state index is -0.0910. The summed E-state index contributed by atoms with van der Waals surface area (Å²) in [6, 6.07) is 18.3. The van der Waals surface area contributed by atoms with E-state index in [1.807, 2.05) is 36.4 Å². The number of fused-ring (bicyclic) bond motifs is 1. The first-order valence-electron chi connectivity index (χ1n) is 8.44. The van der Waals surface area contributed by atoms with E-state index in [0.717, 1.165) is 42.3 Å². The van der Waals surface area contributed by atoms with E-state index in [2.05, 4.69) is 23.1 Å². The third-order valence-corrected chi connectivity index (χ3v) is 4.53. The molecule has 1 aliphatic rings. The van der Waals surface area contributed by atoms with E-state index in [0.29, 0.717) is 0 Å². The monoisotopic (exact) mass is 335 g/mol. The lowest BCUT2D eigenvalue weighted by molar-refractivity contribution is 0.141. The van der Waals surface area contributed by atoms with Crippen LogP contribution in [0.25, 0.3) is 0 Å². The van der Waals surface area contributed by atoms with Gasteiger partial charge in [-0.05, 0) is 18.2 Å². The lowest BCUT2D eigenvalue weighted by Gasteiger charge is -2.24. The van der Waals surface area contributed by atoms with Gasteiger partial charge in [0.25, 0.3) is 0 Å². The highest BCUT2D eigenvalue weighted by Gasteiger charge is 2.26. The molecular weight excluding hydrogens is 314 g/mol. The van der Waals surface area contributed by atoms with Crippen molar-refractivity contribution in [2.45, 2.75) is 19.2 Å². The van der Waals surface area contributed by atoms with Crippen molar-refractivity contribution in [3.05, 3.63) is 83.8 Å². The Bertz CT molecular complexity index is 829. The number of methoxy groups -OCH3 is 1. The zero-order valence-corrected chi connectivity index (χ0v) is 14.2. The van der Waals surface area contributed by atoms with Crippen LogP contribution in [0.5, 0.6) is 11.5 Å². The summed E-state index contributed by atoms with van der Waals surface area (Å²) >= 11 is 0. The predicted octanol–water partition coefficient (Wildman–Crippen LogP) is 4.42. The van der Waals surface area contributed by atoms with Crippen molar-refractivity contribution in [3.8, 4) is 11.5 Å². The highest BCUT2D eigenvalue weighted by Crippen LogP contribution is 2.35. The maximum atomic E-state index is 6.39. The van der Waals surface area contributed by atoms with Crippen LogP contribution >= 0.6 is 0 Å². The molecule has 0 aliphatic carbocycles. The molecule has 0 amide bonds. The molecule has 4 nitrogen and oxygen atoms in total. The minimum Gasteiger partial charge on any atom is -0.496 e. The molecule has 0 fully saturated rings. The Labute approximate surface area is 147 Å². The Morgan fingerprint density at radius 3 is 2.76 bits per heavy atom. The molecule has 0 bridgehead atoms. The van der Waals surface area contributed by atoms with Crippen LogP contribution in [0.4, 0.5) is 0 Å². The Hall–Kier alpha value is -2.72. The molecule has 0 saturated heterocycles. The van der Waals surface area contributed by atoms with Gasteiger partial charge in [0.15, 0.2) is 0 Å². The van der Waals surface area contributed by atoms with Crippen LogP contribution in [-0.4, -0.2) is 18.6 Å². The van der Waals surface area contributed by atoms with Crippen LogP contribution in [0.2, 0.25) is 0 Å². The molecule has 1 aromatic heterocycles. The minimum absolute atomic E-state index is 0.0910. The molecule has 128 valence electrons. The highest BCUT2D eigenvalue weighted by atomic mass is 16.5. The summed E-state index contributed by atoms with van der Waals surface area (Å²) in [6.07, 6.45) is 3.43. The summed E-state index contributed by atoms with van der Waals surface area (Å²) in [5.41, 5.74) is 3.43. The van der Waals surface area contributed by atoms with Crippen molar-refractivity contribution in [2.75, 3.05) is 13.7 Å². The van der Waals surface area contributed by atoms with Crippen LogP contribution in [0, 0.1) is 0 Å². The molecule has 1 atom stereocenters. The molecule has 25 heavy (non-hydrogen) atoms. The quantitative estimate of drug-likeness (QED) is 0.707. The molecule has 3 aromatic rings. The van der Waals surface area contributed by atoms with Gasteiger partial charge in [0.05, 0.1) is 19.6 Å². The summed E-state index contributed by atoms with van der Waals surface area (Å²) < 4.78 is 17.2. The van der Waals surface area contributed by atoms with E-state index < -0.39 is 0 Å². The fourth-order valence-corrected chi connectivity index (χ4v) is 3.34. The topological polar surface area (TPSA) is 34.8 Å². The second-order valence-corrected chi connectivity index (χ2v) is 6.26. The van der Waals surface area contributed by atoms with E-state index in [4.69, 9.17) is 13.9 Å². The molecule has 0 saturated carbocycles. The average Bonchev–Trinajstić information content (AvgIpc) is 3.08. The summed E-state index contributed by atoms with van der Waals surface area (Å²) in [5.74, 6) is 1.79. The molecule has 2 heterocycles. The third-order valence-electron chi connectivity index (χ3n) is 4.53. The number of rotatable bonds is 4. The first-order valence-corrected chi connectivity index (χ1v) is 8.44. The van der Waals surface area contributed by atoms with Gasteiger partial charge in [-0.1, -0.05) is 36.4 Å². The lowest BCUT2D eigenvalue weighted by atomic mass is 10.1. The smallest absolute Gasteiger partial charge is 0.140 e. The van der Waals surface area contributed by atoms with Crippen molar-refractivity contribution in [1.29, 1.82) is 0 Å². The van der Waals surface area contributed by atoms with Gasteiger partial charge in [-0.3, -0.25) is 4.90 Å². The zero-order valence-electron chi connectivity index (χ0n) is 14.2. The molecule has 4 rings (SSSR count). The number of hydrogen-bond donors (Lipinski definition) is 0. The van der Waals surface area contributed by atoms with E-state index in [-0.39, 0.29) is 6.10 Å². The summed E-state index contributed by atoms with van der Waals surface area (Å²) in [4.78, 5) is 2.38. The first kappa shape index (κ1) is 15.8. The van der Waals surface area contributed by atoms with Gasteiger partial charge in [0, 0.05) is 36.3 Å². The van der Waals surface area contributed by atoms with E-state index in [1.165, 1.54) is 5.56 Å². The predicted molar refractivity (Wildman–Crippen MR) is 95.6 cm³/mol. The Morgan fingerprint density at radius 1 is 1.08 bits per heavy atom. The van der Waals surface area contributed by atoms with Gasteiger partial charge in [-0.15, -0.1) is 0 Å². The molecular formula is C21H21NO3. The maximum Gasteiger partial charge on any atom is 0.140 e. The van der Waals surface area contributed by atoms with Crippen LogP contribution in [0.1, 0.15) is 22.8 Å². The molecule has 4 heteroatoms. The number of nitrogens with zero attached hydrogens (tertiary/aromatic N) is 1. The second kappa shape index (κ2) is 7.03. The van der Waals surface area contributed by atoms with Crippen molar-refractivity contribution >= 4 is 0 Å². The summed E-state index contributed by atoms with van der Waals surface area (Å²) in [7, 11) is 1.70. The maximum absolute atomic E-state index is 6.39. The average molecular weight is 335 g/mol. The van der Waals surface area contributed by atoms with Crippen molar-refractivity contribution < 1.29 is 13.9 Å². The van der Waals surface area contributed by atoms with E-state index in [1.54, 1.807) is 19.6 Å². The summed E-state index contributed by atoms with van der Waals surface area (Å²) in [6.45, 7) is 2.44. The normalized spacial score (nSPS) is 17.4. The Morgan fingerprint density at radius 2 is 1.92 bits per heavy atom. The standard InChI is InChI=1S/C21H21NO3/c1-23-20-9-5-3-7-18(20)21-14-22(12-16-10-11-24-15-16)13-17-6-2-4-8-19(17)25-21/h2-11,15,21H,12-14H2,1H3. The highest BCUT2D eigenvalue weighted by molar-refractivity contribution is 5.39. The van der Waals surface area contributed by atoms with Crippen LogP contribution in [0.3, 0.4) is 0 Å². The Balaban J connectivity index is 1.69. The second-order valence-electron chi connectivity index (χ2n) is 6.26. The Kier molecular flexibility index (Phi) is 4.44. The SMILES string of the molecule is COc1ccccc1C1CN(Cc2ccoc2)Cc2ccccc2O1. The fraction of sp³-hybridized carbons (Fsp3) is 0.238. The van der Waals surface area contributed by atoms with Crippen LogP contribution in [-0.2, 0) is 13.1 Å². The fourth-order valence-electron chi connectivity index (χ4n) is 3.34. The number of furan rings is 1. The van der Waals surface area contributed by atoms with Crippen molar-refractivity contribution in [1.82, 2.24) is 4.90 Å². The first-order chi connectivity index (χ1) is 12.3. The molecule has 1 aliphatic heterocycles. The van der Waals surface area contributed by atoms with Gasteiger partial charge < -0.3 is 13.9 Å². The lowest BCUT2D eigenvalue weighted by Crippen LogP contribution is -2.27. The number of hydrogen-bond acceptors (Lipinski definition) is 4. The summed E-state index contributed by atoms with van der Waals surface area (Å²) in [5, 5.41) is 0. The third kappa shape index (κ3) is 3.39. The number of benzene rings is 2. The van der Waals surface area contributed by atoms with E-state index in [9.17, 15) is 0 Å². The van der Waals surface area contributed by atoms with Crippen LogP contribution in [0.15, 0.2) is 71.5 Å². The number of ether oxygens (including phenoxy) is 2. The van der Waals surface area contributed by atoms with Crippen molar-refractivity contribution in [3.63, 3.8) is 0 Å². The molecule has 0 spiro atoms. The number of para-hydroxylation sites is 2. The van der Waals surface area contributed by atoms with Gasteiger partial charge in [-0.2, -0.15) is 0 Å². The molecule has 2 aromatic carbocycles. The van der Waals surface area contributed by atoms with Gasteiger partial charge in [-0.25, -0.2) is 0 Å². The van der Waals surface area contributed by atoms with Gasteiger partial charge in [0.1, 0.15) is 17.6 Å². The zero-order chi connectivity index (χ0) is 17.1. The van der Waals surface area contributed by atoms with Gasteiger partial charge >= 0.3 is 0 Å². The molecule has 0 radical (unpaired) electrons. The molecule has 1 unspecified atom stereocenters.